The monoisotopic (exact) mass is 389 g/mol. The molecule has 7 nitrogen and oxygen atoms in total. The number of aromatic nitrogens is 1. The fourth-order valence-corrected chi connectivity index (χ4v) is 3.41. The van der Waals surface area contributed by atoms with E-state index in [1.165, 1.54) is 5.56 Å². The van der Waals surface area contributed by atoms with Crippen molar-refractivity contribution in [3.63, 3.8) is 0 Å². The highest BCUT2D eigenvalue weighted by Gasteiger charge is 2.28. The molecule has 1 aromatic rings. The lowest BCUT2D eigenvalue weighted by Crippen LogP contribution is -2.45. The zero-order valence-electron chi connectivity index (χ0n) is 18.0. The second kappa shape index (κ2) is 9.75. The van der Waals surface area contributed by atoms with Crippen LogP contribution in [0.25, 0.3) is 0 Å². The minimum atomic E-state index is -0.488. The minimum absolute atomic E-state index is 0.0626. The number of ether oxygens (including phenoxy) is 1. The van der Waals surface area contributed by atoms with Crippen LogP contribution in [0.3, 0.4) is 0 Å². The predicted octanol–water partition coefficient (Wildman–Crippen LogP) is 3.00. The van der Waals surface area contributed by atoms with Crippen LogP contribution in [0.1, 0.15) is 52.5 Å². The Labute approximate surface area is 169 Å². The number of hydrogen-bond acceptors (Lipinski definition) is 4. The highest BCUT2D eigenvalue weighted by Crippen LogP contribution is 2.23. The van der Waals surface area contributed by atoms with Crippen molar-refractivity contribution in [1.82, 2.24) is 20.5 Å². The van der Waals surface area contributed by atoms with Crippen molar-refractivity contribution in [2.75, 3.05) is 26.7 Å². The maximum Gasteiger partial charge on any atom is 0.407 e. The Balaban J connectivity index is 1.89. The lowest BCUT2D eigenvalue weighted by molar-refractivity contribution is 0.0507. The Kier molecular flexibility index (Phi) is 7.66. The van der Waals surface area contributed by atoms with Gasteiger partial charge in [0.05, 0.1) is 6.04 Å². The van der Waals surface area contributed by atoms with Gasteiger partial charge in [-0.1, -0.05) is 19.9 Å². The van der Waals surface area contributed by atoms with Gasteiger partial charge in [0.1, 0.15) is 5.60 Å². The number of hydrogen-bond donors (Lipinski definition) is 2. The highest BCUT2D eigenvalue weighted by molar-refractivity contribution is 5.80. The molecule has 2 N–H and O–H groups in total. The quantitative estimate of drug-likeness (QED) is 0.598. The summed E-state index contributed by atoms with van der Waals surface area (Å²) in [7, 11) is 1.80. The van der Waals surface area contributed by atoms with E-state index in [1.54, 1.807) is 13.2 Å². The van der Waals surface area contributed by atoms with Crippen molar-refractivity contribution in [3.05, 3.63) is 30.1 Å². The molecular weight excluding hydrogens is 354 g/mol. The van der Waals surface area contributed by atoms with Crippen LogP contribution in [0.4, 0.5) is 4.79 Å². The minimum Gasteiger partial charge on any atom is -0.444 e. The molecule has 0 aromatic carbocycles. The Morgan fingerprint density at radius 2 is 2.18 bits per heavy atom. The smallest absolute Gasteiger partial charge is 0.407 e. The summed E-state index contributed by atoms with van der Waals surface area (Å²) in [6, 6.07) is 4.17. The van der Waals surface area contributed by atoms with Gasteiger partial charge in [0, 0.05) is 45.0 Å². The van der Waals surface area contributed by atoms with Gasteiger partial charge in [-0.25, -0.2) is 4.79 Å². The van der Waals surface area contributed by atoms with Crippen LogP contribution in [0.5, 0.6) is 0 Å². The molecule has 1 aliphatic rings. The number of nitrogens with zero attached hydrogens (tertiary/aromatic N) is 3. The van der Waals surface area contributed by atoms with Gasteiger partial charge in [-0.2, -0.15) is 0 Å². The predicted molar refractivity (Wildman–Crippen MR) is 113 cm³/mol. The molecule has 1 amide bonds. The van der Waals surface area contributed by atoms with E-state index in [2.05, 4.69) is 45.4 Å². The summed E-state index contributed by atoms with van der Waals surface area (Å²) >= 11 is 0. The molecule has 1 aliphatic heterocycles. The average Bonchev–Trinajstić information content (AvgIpc) is 3.05. The summed E-state index contributed by atoms with van der Waals surface area (Å²) in [6.45, 7) is 12.4. The molecule has 7 heteroatoms. The van der Waals surface area contributed by atoms with Gasteiger partial charge in [-0.05, 0) is 44.7 Å². The number of rotatable bonds is 5. The van der Waals surface area contributed by atoms with E-state index in [4.69, 9.17) is 4.74 Å². The summed E-state index contributed by atoms with van der Waals surface area (Å²) in [5.74, 6) is 1.70. The van der Waals surface area contributed by atoms with E-state index in [1.807, 2.05) is 33.0 Å². The Hall–Kier alpha value is -2.31. The van der Waals surface area contributed by atoms with E-state index in [9.17, 15) is 4.79 Å². The average molecular weight is 390 g/mol. The first-order chi connectivity index (χ1) is 13.2. The zero-order chi connectivity index (χ0) is 20.7. The van der Waals surface area contributed by atoms with E-state index >= 15 is 0 Å². The Morgan fingerprint density at radius 1 is 1.43 bits per heavy atom. The Morgan fingerprint density at radius 3 is 2.75 bits per heavy atom. The van der Waals surface area contributed by atoms with Gasteiger partial charge in [0.25, 0.3) is 0 Å². The number of carbonyl (C=O) groups excluding carboxylic acids is 1. The van der Waals surface area contributed by atoms with Crippen LogP contribution in [-0.4, -0.2) is 60.3 Å². The molecule has 0 aliphatic carbocycles. The van der Waals surface area contributed by atoms with Crippen molar-refractivity contribution in [2.24, 2.45) is 10.9 Å². The number of pyridine rings is 1. The van der Waals surface area contributed by atoms with Gasteiger partial charge in [0.15, 0.2) is 5.96 Å². The molecular formula is C21H35N5O2. The first-order valence-electron chi connectivity index (χ1n) is 10.0. The first-order valence-corrected chi connectivity index (χ1v) is 10.0. The number of likely N-dealkylation sites (tertiary alicyclic amines) is 1. The highest BCUT2D eigenvalue weighted by atomic mass is 16.6. The van der Waals surface area contributed by atoms with Crippen molar-refractivity contribution in [3.8, 4) is 0 Å². The molecule has 1 fully saturated rings. The molecule has 0 radical (unpaired) electrons. The normalized spacial score (nSPS) is 18.9. The van der Waals surface area contributed by atoms with Crippen LogP contribution in [-0.2, 0) is 4.74 Å². The zero-order valence-corrected chi connectivity index (χ0v) is 18.0. The third-order valence-electron chi connectivity index (χ3n) is 4.82. The molecule has 2 heterocycles. The van der Waals surface area contributed by atoms with Gasteiger partial charge >= 0.3 is 6.09 Å². The maximum absolute atomic E-state index is 12.0. The van der Waals surface area contributed by atoms with Crippen LogP contribution in [0.2, 0.25) is 0 Å². The molecule has 156 valence electrons. The molecule has 1 saturated heterocycles. The van der Waals surface area contributed by atoms with E-state index in [0.717, 1.165) is 32.0 Å². The molecule has 0 spiro atoms. The number of nitrogens with one attached hydrogen (secondary N) is 2. The van der Waals surface area contributed by atoms with Crippen molar-refractivity contribution in [2.45, 2.75) is 58.6 Å². The third-order valence-corrected chi connectivity index (χ3v) is 4.82. The molecule has 28 heavy (non-hydrogen) atoms. The number of carbonyl (C=O) groups is 1. The van der Waals surface area contributed by atoms with Gasteiger partial charge < -0.3 is 20.3 Å². The standard InChI is InChI=1S/C21H35N5O2/c1-15(2)18(16-8-7-10-23-12-16)13-24-19(22-6)26-11-9-17(14-26)25-20(27)28-21(3,4)5/h7-8,10,12,15,17-18H,9,11,13-14H2,1-6H3,(H,22,24)(H,25,27)/t17-,18?/m1/s1. The molecule has 1 unspecified atom stereocenters. The van der Waals surface area contributed by atoms with Gasteiger partial charge in [0.2, 0.25) is 0 Å². The third kappa shape index (κ3) is 6.69. The summed E-state index contributed by atoms with van der Waals surface area (Å²) in [6.07, 6.45) is 4.25. The van der Waals surface area contributed by atoms with Crippen molar-refractivity contribution < 1.29 is 9.53 Å². The van der Waals surface area contributed by atoms with Gasteiger partial charge in [-0.3, -0.25) is 9.98 Å². The Bertz CT molecular complexity index is 655. The van der Waals surface area contributed by atoms with Crippen LogP contribution < -0.4 is 10.6 Å². The lowest BCUT2D eigenvalue weighted by Gasteiger charge is -2.26. The topological polar surface area (TPSA) is 78.9 Å². The van der Waals surface area contributed by atoms with Gasteiger partial charge in [-0.15, -0.1) is 0 Å². The largest absolute Gasteiger partial charge is 0.444 e. The number of aliphatic imine (C=N–C) groups is 1. The second-order valence-corrected chi connectivity index (χ2v) is 8.64. The first kappa shape index (κ1) is 22.0. The fourth-order valence-electron chi connectivity index (χ4n) is 3.41. The van der Waals surface area contributed by atoms with E-state index < -0.39 is 5.60 Å². The molecule has 0 bridgehead atoms. The van der Waals surface area contributed by atoms with Crippen LogP contribution in [0, 0.1) is 5.92 Å². The molecule has 2 rings (SSSR count). The van der Waals surface area contributed by atoms with Crippen LogP contribution in [0.15, 0.2) is 29.5 Å². The number of amides is 1. The van der Waals surface area contributed by atoms with Crippen LogP contribution >= 0.6 is 0 Å². The molecule has 0 saturated carbocycles. The summed E-state index contributed by atoms with van der Waals surface area (Å²) in [4.78, 5) is 22.9. The fraction of sp³-hybridized carbons (Fsp3) is 0.667. The number of alkyl carbamates (subject to hydrolysis) is 1. The summed E-state index contributed by atoms with van der Waals surface area (Å²) in [5, 5.41) is 6.47. The number of guanidine groups is 1. The molecule has 2 atom stereocenters. The lowest BCUT2D eigenvalue weighted by atomic mass is 9.89. The van der Waals surface area contributed by atoms with E-state index in [0.29, 0.717) is 11.8 Å². The maximum atomic E-state index is 12.0. The SMILES string of the molecule is CN=C(NCC(c1cccnc1)C(C)C)N1CC[C@@H](NC(=O)OC(C)(C)C)C1. The second-order valence-electron chi connectivity index (χ2n) is 8.64. The van der Waals surface area contributed by atoms with E-state index in [-0.39, 0.29) is 12.1 Å². The summed E-state index contributed by atoms with van der Waals surface area (Å²) in [5.41, 5.74) is 0.740. The van der Waals surface area contributed by atoms with Crippen molar-refractivity contribution in [1.29, 1.82) is 0 Å². The summed E-state index contributed by atoms with van der Waals surface area (Å²) < 4.78 is 5.36. The molecule has 1 aromatic heterocycles. The van der Waals surface area contributed by atoms with Crippen molar-refractivity contribution >= 4 is 12.1 Å².